The van der Waals surface area contributed by atoms with Crippen molar-refractivity contribution in [2.24, 2.45) is 0 Å². The average Bonchev–Trinajstić information content (AvgIpc) is 3.27. The quantitative estimate of drug-likeness (QED) is 0.795. The third-order valence-corrected chi connectivity index (χ3v) is 6.15. The number of nitrogens with zero attached hydrogens (tertiary/aromatic N) is 3. The lowest BCUT2D eigenvalue weighted by Crippen LogP contribution is -2.52. The molecule has 1 aromatic heterocycles. The first-order chi connectivity index (χ1) is 13.6. The molecule has 3 atom stereocenters. The monoisotopic (exact) mass is 403 g/mol. The Hall–Kier alpha value is -2.63. The number of aliphatic hydroxyl groups excluding tert-OH is 1. The predicted octanol–water partition coefficient (Wildman–Crippen LogP) is 3.37. The number of ketones is 1. The van der Waals surface area contributed by atoms with Crippen LogP contribution in [0.5, 0.6) is 0 Å². The van der Waals surface area contributed by atoms with Gasteiger partial charge in [-0.3, -0.25) is 9.69 Å². The fourth-order valence-electron chi connectivity index (χ4n) is 4.82. The standard InChI is InChI=1S/C21H20F3N3O2/c1-11-19(18(29)10-26-15-7-16(26)17(28)8-15)20(21(22,23)24)12(2)27(11)14-5-3-13(9-25)4-6-14/h3-6,15-17,28H,7-8,10H2,1-2H3/t15?,16?,17-/m0/s1. The number of hydrogen-bond donors (Lipinski definition) is 1. The number of Topliss-reactive ketones (excluding diaryl/α,β-unsaturated/α-hetero) is 1. The van der Waals surface area contributed by atoms with Crippen LogP contribution in [0.25, 0.3) is 5.69 Å². The van der Waals surface area contributed by atoms with Crippen LogP contribution in [0.1, 0.15) is 45.7 Å². The Morgan fingerprint density at radius 3 is 2.34 bits per heavy atom. The summed E-state index contributed by atoms with van der Waals surface area (Å²) in [5, 5.41) is 18.9. The van der Waals surface area contributed by atoms with Crippen LogP contribution in [0.2, 0.25) is 0 Å². The van der Waals surface area contributed by atoms with Crippen molar-refractivity contribution in [2.75, 3.05) is 6.54 Å². The number of hydrogen-bond acceptors (Lipinski definition) is 4. The van der Waals surface area contributed by atoms with E-state index in [0.29, 0.717) is 17.7 Å². The van der Waals surface area contributed by atoms with Gasteiger partial charge in [0.15, 0.2) is 5.78 Å². The number of carbonyl (C=O) groups is 1. The Morgan fingerprint density at radius 2 is 1.86 bits per heavy atom. The Kier molecular flexibility index (Phi) is 4.56. The lowest BCUT2D eigenvalue weighted by Gasteiger charge is -2.40. The number of nitriles is 1. The highest BCUT2D eigenvalue weighted by Crippen LogP contribution is 2.42. The summed E-state index contributed by atoms with van der Waals surface area (Å²) in [6.45, 7) is 2.72. The van der Waals surface area contributed by atoms with Crippen LogP contribution in [0.4, 0.5) is 13.2 Å². The van der Waals surface area contributed by atoms with E-state index in [0.717, 1.165) is 6.42 Å². The van der Waals surface area contributed by atoms with E-state index in [1.807, 2.05) is 6.07 Å². The minimum Gasteiger partial charge on any atom is -0.391 e. The molecule has 1 aliphatic carbocycles. The van der Waals surface area contributed by atoms with Gasteiger partial charge in [0.1, 0.15) is 0 Å². The Bertz CT molecular complexity index is 1020. The molecule has 2 aromatic rings. The van der Waals surface area contributed by atoms with Gasteiger partial charge < -0.3 is 9.67 Å². The highest BCUT2D eigenvalue weighted by atomic mass is 19.4. The molecule has 2 aliphatic heterocycles. The van der Waals surface area contributed by atoms with E-state index in [1.54, 1.807) is 17.0 Å². The van der Waals surface area contributed by atoms with Crippen LogP contribution < -0.4 is 0 Å². The second-order valence-corrected chi connectivity index (χ2v) is 7.77. The minimum absolute atomic E-state index is 0.0605. The van der Waals surface area contributed by atoms with Crippen LogP contribution in [0, 0.1) is 25.2 Å². The summed E-state index contributed by atoms with van der Waals surface area (Å²) in [6.07, 6.45) is -3.84. The van der Waals surface area contributed by atoms with Crippen molar-refractivity contribution in [1.82, 2.24) is 9.47 Å². The molecule has 2 unspecified atom stereocenters. The maximum absolute atomic E-state index is 13.9. The number of aromatic nitrogens is 1. The molecule has 2 bridgehead atoms. The van der Waals surface area contributed by atoms with Crippen LogP contribution in [0.15, 0.2) is 24.3 Å². The Morgan fingerprint density at radius 1 is 1.21 bits per heavy atom. The van der Waals surface area contributed by atoms with E-state index in [1.165, 1.54) is 30.5 Å². The molecular weight excluding hydrogens is 383 g/mol. The van der Waals surface area contributed by atoms with E-state index < -0.39 is 23.6 Å². The first kappa shape index (κ1) is 19.7. The molecule has 5 rings (SSSR count). The zero-order chi connectivity index (χ0) is 21.1. The van der Waals surface area contributed by atoms with Gasteiger partial charge in [-0.2, -0.15) is 18.4 Å². The van der Waals surface area contributed by atoms with E-state index in [2.05, 4.69) is 0 Å². The second kappa shape index (κ2) is 6.71. The van der Waals surface area contributed by atoms with E-state index >= 15 is 0 Å². The number of carbonyl (C=O) groups excluding carboxylic acids is 1. The highest BCUT2D eigenvalue weighted by Gasteiger charge is 2.51. The van der Waals surface area contributed by atoms with Gasteiger partial charge in [0.05, 0.1) is 35.4 Å². The lowest BCUT2D eigenvalue weighted by atomic mass is 9.99. The molecule has 152 valence electrons. The SMILES string of the molecule is Cc1c(C(=O)CN2C3CC2[C@@H](O)C3)c(C(F)(F)F)c(C)n1-c1ccc(C#N)cc1. The van der Waals surface area contributed by atoms with Crippen molar-refractivity contribution in [2.45, 2.75) is 51.1 Å². The fourth-order valence-corrected chi connectivity index (χ4v) is 4.82. The predicted molar refractivity (Wildman–Crippen MR) is 98.8 cm³/mol. The van der Waals surface area contributed by atoms with E-state index in [9.17, 15) is 23.1 Å². The van der Waals surface area contributed by atoms with Crippen molar-refractivity contribution < 1.29 is 23.1 Å². The largest absolute Gasteiger partial charge is 0.418 e. The molecule has 3 heterocycles. The lowest BCUT2D eigenvalue weighted by molar-refractivity contribution is -0.138. The number of rotatable bonds is 4. The minimum atomic E-state index is -4.68. The van der Waals surface area contributed by atoms with E-state index in [4.69, 9.17) is 5.26 Å². The van der Waals surface area contributed by atoms with Crippen LogP contribution >= 0.6 is 0 Å². The summed E-state index contributed by atoms with van der Waals surface area (Å²) in [5.41, 5.74) is -0.219. The summed E-state index contributed by atoms with van der Waals surface area (Å²) < 4.78 is 43.1. The Balaban J connectivity index is 1.76. The third-order valence-electron chi connectivity index (χ3n) is 6.15. The number of fused-ring (bicyclic) bond motifs is 1. The zero-order valence-corrected chi connectivity index (χ0v) is 16.0. The van der Waals surface area contributed by atoms with Gasteiger partial charge in [-0.05, 0) is 51.0 Å². The van der Waals surface area contributed by atoms with Crippen molar-refractivity contribution in [3.8, 4) is 11.8 Å². The molecule has 2 saturated heterocycles. The molecule has 1 aromatic carbocycles. The van der Waals surface area contributed by atoms with Gasteiger partial charge in [-0.25, -0.2) is 0 Å². The topological polar surface area (TPSA) is 69.3 Å². The fraction of sp³-hybridized carbons (Fsp3) is 0.429. The van der Waals surface area contributed by atoms with Crippen molar-refractivity contribution >= 4 is 5.78 Å². The van der Waals surface area contributed by atoms with Gasteiger partial charge in [-0.15, -0.1) is 0 Å². The smallest absolute Gasteiger partial charge is 0.391 e. The summed E-state index contributed by atoms with van der Waals surface area (Å²) in [7, 11) is 0. The molecule has 29 heavy (non-hydrogen) atoms. The molecule has 0 amide bonds. The van der Waals surface area contributed by atoms with Crippen LogP contribution in [-0.2, 0) is 6.18 Å². The molecule has 0 spiro atoms. The van der Waals surface area contributed by atoms with Crippen molar-refractivity contribution in [3.05, 3.63) is 52.3 Å². The normalized spacial score (nSPS) is 23.7. The number of halogens is 3. The first-order valence-electron chi connectivity index (χ1n) is 9.40. The van der Waals surface area contributed by atoms with Crippen molar-refractivity contribution in [3.63, 3.8) is 0 Å². The van der Waals surface area contributed by atoms with Gasteiger partial charge in [-0.1, -0.05) is 0 Å². The Labute approximate surface area is 166 Å². The third kappa shape index (κ3) is 3.05. The van der Waals surface area contributed by atoms with Gasteiger partial charge >= 0.3 is 6.18 Å². The summed E-state index contributed by atoms with van der Waals surface area (Å²) >= 11 is 0. The summed E-state index contributed by atoms with van der Waals surface area (Å²) in [6, 6.07) is 8.10. The van der Waals surface area contributed by atoms with Gasteiger partial charge in [0.25, 0.3) is 0 Å². The van der Waals surface area contributed by atoms with Crippen molar-refractivity contribution in [1.29, 1.82) is 5.26 Å². The molecule has 3 fully saturated rings. The van der Waals surface area contributed by atoms with E-state index in [-0.39, 0.29) is 35.6 Å². The first-order valence-corrected chi connectivity index (χ1v) is 9.40. The van der Waals surface area contributed by atoms with Crippen LogP contribution in [0.3, 0.4) is 0 Å². The molecule has 1 N–H and O–H groups in total. The van der Waals surface area contributed by atoms with Gasteiger partial charge in [0.2, 0.25) is 0 Å². The highest BCUT2D eigenvalue weighted by molar-refractivity contribution is 6.01. The summed E-state index contributed by atoms with van der Waals surface area (Å²) in [4.78, 5) is 14.8. The number of alkyl halides is 3. The number of aliphatic hydroxyl groups is 1. The molecule has 1 saturated carbocycles. The second-order valence-electron chi connectivity index (χ2n) is 7.77. The molecule has 3 aliphatic rings. The number of benzene rings is 1. The molecule has 8 heteroatoms. The molecular formula is C21H20F3N3O2. The maximum Gasteiger partial charge on any atom is 0.418 e. The molecule has 0 radical (unpaired) electrons. The van der Waals surface area contributed by atoms with Gasteiger partial charge in [0, 0.05) is 29.2 Å². The maximum atomic E-state index is 13.9. The zero-order valence-electron chi connectivity index (χ0n) is 16.0. The average molecular weight is 403 g/mol. The van der Waals surface area contributed by atoms with Crippen LogP contribution in [-0.4, -0.2) is 45.1 Å². The molecule has 5 nitrogen and oxygen atoms in total. The summed E-state index contributed by atoms with van der Waals surface area (Å²) in [5.74, 6) is -0.589.